The van der Waals surface area contributed by atoms with Crippen LogP contribution in [0.15, 0.2) is 35.6 Å². The van der Waals surface area contributed by atoms with Crippen molar-refractivity contribution in [2.24, 2.45) is 29.4 Å². The summed E-state index contributed by atoms with van der Waals surface area (Å²) in [7, 11) is 0. The molecule has 3 unspecified atom stereocenters. The van der Waals surface area contributed by atoms with Crippen LogP contribution in [-0.2, 0) is 16.0 Å². The summed E-state index contributed by atoms with van der Waals surface area (Å²) in [5.41, 5.74) is 12.7. The summed E-state index contributed by atoms with van der Waals surface area (Å²) < 4.78 is 0. The van der Waals surface area contributed by atoms with Gasteiger partial charge in [0.15, 0.2) is 11.6 Å². The molecule has 0 aliphatic heterocycles. The molecule has 0 saturated heterocycles. The predicted octanol–water partition coefficient (Wildman–Crippen LogP) is 1.37. The van der Waals surface area contributed by atoms with Gasteiger partial charge < -0.3 is 26.8 Å². The van der Waals surface area contributed by atoms with Gasteiger partial charge in [0.1, 0.15) is 17.4 Å². The molecule has 5 atom stereocenters. The van der Waals surface area contributed by atoms with Gasteiger partial charge in [-0.15, -0.1) is 0 Å². The van der Waals surface area contributed by atoms with Crippen molar-refractivity contribution in [2.45, 2.75) is 25.4 Å². The van der Waals surface area contributed by atoms with Gasteiger partial charge in [-0.3, -0.25) is 14.4 Å². The van der Waals surface area contributed by atoms with E-state index in [-0.39, 0.29) is 35.0 Å². The van der Waals surface area contributed by atoms with Crippen molar-refractivity contribution in [3.8, 4) is 5.75 Å². The molecule has 3 aliphatic carbocycles. The van der Waals surface area contributed by atoms with Crippen LogP contribution in [0.4, 0.5) is 5.69 Å². The smallest absolute Gasteiger partial charge is 0.230 e. The van der Waals surface area contributed by atoms with Crippen LogP contribution >= 0.6 is 0 Å². The number of primary amides is 1. The largest absolute Gasteiger partial charge is 0.511 e. The van der Waals surface area contributed by atoms with Crippen LogP contribution in [0.5, 0.6) is 5.75 Å². The van der Waals surface area contributed by atoms with E-state index in [1.807, 2.05) is 0 Å². The molecule has 0 radical (unpaired) electrons. The minimum absolute atomic E-state index is 0.0975. The number of ketones is 2. The number of rotatable bonds is 1. The van der Waals surface area contributed by atoms with Gasteiger partial charge in [-0.2, -0.15) is 0 Å². The number of hydrogen-bond acceptors (Lipinski definition) is 7. The van der Waals surface area contributed by atoms with Crippen molar-refractivity contribution in [2.75, 3.05) is 5.73 Å². The molecule has 8 heteroatoms. The van der Waals surface area contributed by atoms with E-state index >= 15 is 0 Å². The maximum absolute atomic E-state index is 13.4. The Morgan fingerprint density at radius 1 is 1.10 bits per heavy atom. The number of allylic oxidation sites excluding steroid dienone is 2. The standard InChI is InChI=1S/C23H22N2O6/c24-13-3-1-2-11-12(13)6-9-4-8-5-10-7-14(26)18(23(25)31)22(30)17(10)21(29)16(8)20(28)15(9)19(11)27/h1-3,6,8,10,14,17-18,26-27,29H,4-5,7,24H2,(H2,25,31)/t8-,10-,14?,17?,18?/m0/s1. The first-order valence-corrected chi connectivity index (χ1v) is 10.2. The van der Waals surface area contributed by atoms with Crippen molar-refractivity contribution < 1.29 is 29.7 Å². The van der Waals surface area contributed by atoms with Gasteiger partial charge in [0.25, 0.3) is 0 Å². The predicted molar refractivity (Wildman–Crippen MR) is 111 cm³/mol. The highest BCUT2D eigenvalue weighted by Crippen LogP contribution is 2.50. The van der Waals surface area contributed by atoms with E-state index < -0.39 is 41.3 Å². The number of benzene rings is 2. The number of nitrogens with two attached hydrogens (primary N) is 2. The molecule has 1 amide bonds. The molecule has 31 heavy (non-hydrogen) atoms. The van der Waals surface area contributed by atoms with E-state index in [2.05, 4.69) is 0 Å². The third-order valence-corrected chi connectivity index (χ3v) is 7.10. The van der Waals surface area contributed by atoms with Crippen molar-refractivity contribution >= 4 is 33.9 Å². The van der Waals surface area contributed by atoms with Crippen molar-refractivity contribution in [1.29, 1.82) is 0 Å². The summed E-state index contributed by atoms with van der Waals surface area (Å²) in [4.78, 5) is 38.0. The molecule has 7 N–H and O–H groups in total. The fraction of sp³-hybridized carbons (Fsp3) is 0.348. The van der Waals surface area contributed by atoms with Crippen LogP contribution in [-0.4, -0.2) is 38.9 Å². The molecule has 0 spiro atoms. The molecule has 2 aromatic rings. The number of anilines is 1. The Morgan fingerprint density at radius 2 is 1.84 bits per heavy atom. The molecule has 0 aromatic heterocycles. The van der Waals surface area contributed by atoms with Crippen LogP contribution in [0.2, 0.25) is 0 Å². The fourth-order valence-electron chi connectivity index (χ4n) is 5.76. The maximum Gasteiger partial charge on any atom is 0.230 e. The highest BCUT2D eigenvalue weighted by atomic mass is 16.3. The molecule has 3 aliphatic rings. The van der Waals surface area contributed by atoms with Crippen molar-refractivity contribution in [1.82, 2.24) is 0 Å². The van der Waals surface area contributed by atoms with Crippen LogP contribution in [0.25, 0.3) is 10.8 Å². The Balaban J connectivity index is 1.66. The summed E-state index contributed by atoms with van der Waals surface area (Å²) in [5, 5.41) is 33.2. The molecule has 2 aromatic carbocycles. The van der Waals surface area contributed by atoms with Gasteiger partial charge in [0.05, 0.1) is 17.6 Å². The monoisotopic (exact) mass is 422 g/mol. The molecule has 8 nitrogen and oxygen atoms in total. The lowest BCUT2D eigenvalue weighted by molar-refractivity contribution is -0.146. The lowest BCUT2D eigenvalue weighted by Gasteiger charge is -2.43. The van der Waals surface area contributed by atoms with Gasteiger partial charge in [-0.25, -0.2) is 0 Å². The van der Waals surface area contributed by atoms with Gasteiger partial charge >= 0.3 is 0 Å². The fourth-order valence-corrected chi connectivity index (χ4v) is 5.76. The highest BCUT2D eigenvalue weighted by Gasteiger charge is 2.53. The average Bonchev–Trinajstić information content (AvgIpc) is 2.68. The number of nitrogen functional groups attached to an aromatic ring is 1. The second kappa shape index (κ2) is 6.55. The number of amides is 1. The first kappa shape index (κ1) is 19.6. The topological polar surface area (TPSA) is 164 Å². The number of fused-ring (bicyclic) bond motifs is 4. The van der Waals surface area contributed by atoms with Crippen molar-refractivity contribution in [3.63, 3.8) is 0 Å². The molecule has 0 bridgehead atoms. The number of Topliss-reactive ketones (excluding diaryl/α,β-unsaturated/α-hetero) is 2. The van der Waals surface area contributed by atoms with Crippen LogP contribution in [0.1, 0.15) is 28.8 Å². The second-order valence-electron chi connectivity index (χ2n) is 8.79. The summed E-state index contributed by atoms with van der Waals surface area (Å²) in [6, 6.07) is 6.85. The number of phenols is 1. The lowest BCUT2D eigenvalue weighted by atomic mass is 9.60. The summed E-state index contributed by atoms with van der Waals surface area (Å²) >= 11 is 0. The average molecular weight is 422 g/mol. The Labute approximate surface area is 177 Å². The quantitative estimate of drug-likeness (QED) is 0.342. The summed E-state index contributed by atoms with van der Waals surface area (Å²) in [6.45, 7) is 0. The van der Waals surface area contributed by atoms with E-state index in [1.165, 1.54) is 0 Å². The summed E-state index contributed by atoms with van der Waals surface area (Å²) in [5.74, 6) is -5.94. The number of aliphatic hydroxyl groups is 2. The van der Waals surface area contributed by atoms with Gasteiger partial charge in [0.2, 0.25) is 5.91 Å². The van der Waals surface area contributed by atoms with Crippen LogP contribution < -0.4 is 11.5 Å². The number of aromatic hydroxyl groups is 1. The van der Waals surface area contributed by atoms with Crippen molar-refractivity contribution in [3.05, 3.63) is 46.7 Å². The van der Waals surface area contributed by atoms with E-state index in [4.69, 9.17) is 11.5 Å². The zero-order valence-electron chi connectivity index (χ0n) is 16.5. The normalized spacial score (nSPS) is 30.0. The lowest BCUT2D eigenvalue weighted by Crippen LogP contribution is -2.52. The number of phenolic OH excluding ortho intramolecular Hbond substituents is 1. The minimum Gasteiger partial charge on any atom is -0.511 e. The summed E-state index contributed by atoms with van der Waals surface area (Å²) in [6.07, 6.45) is -0.299. The number of carbonyl (C=O) groups is 3. The first-order valence-electron chi connectivity index (χ1n) is 10.2. The highest BCUT2D eigenvalue weighted by molar-refractivity contribution is 6.17. The molecular formula is C23H22N2O6. The van der Waals surface area contributed by atoms with E-state index in [1.54, 1.807) is 24.3 Å². The second-order valence-corrected chi connectivity index (χ2v) is 8.79. The molecule has 1 fully saturated rings. The van der Waals surface area contributed by atoms with Gasteiger partial charge in [-0.1, -0.05) is 12.1 Å². The van der Waals surface area contributed by atoms with E-state index in [9.17, 15) is 29.7 Å². The Bertz CT molecular complexity index is 1220. The number of aliphatic hydroxyl groups excluding tert-OH is 2. The third-order valence-electron chi connectivity index (χ3n) is 7.10. The molecular weight excluding hydrogens is 400 g/mol. The maximum atomic E-state index is 13.4. The Hall–Kier alpha value is -3.39. The molecule has 0 heterocycles. The van der Waals surface area contributed by atoms with E-state index in [0.717, 1.165) is 0 Å². The number of carbonyl (C=O) groups excluding carboxylic acids is 3. The van der Waals surface area contributed by atoms with Crippen LogP contribution in [0.3, 0.4) is 0 Å². The molecule has 1 saturated carbocycles. The molecule has 160 valence electrons. The Morgan fingerprint density at radius 3 is 2.55 bits per heavy atom. The van der Waals surface area contributed by atoms with Gasteiger partial charge in [0, 0.05) is 22.0 Å². The first-order chi connectivity index (χ1) is 14.7. The zero-order valence-corrected chi connectivity index (χ0v) is 16.5. The van der Waals surface area contributed by atoms with Crippen LogP contribution in [0, 0.1) is 23.7 Å². The molecule has 5 rings (SSSR count). The SMILES string of the molecule is NC(=O)C1C(=O)C2C(O)=C3C(=O)c4c(cc5c(N)cccc5c4O)C[C@H]3C[C@H]2CC1O. The third kappa shape index (κ3) is 2.61. The Kier molecular flexibility index (Phi) is 4.14. The van der Waals surface area contributed by atoms with E-state index in [0.29, 0.717) is 34.9 Å². The van der Waals surface area contributed by atoms with Gasteiger partial charge in [-0.05, 0) is 48.8 Å². The number of hydrogen-bond donors (Lipinski definition) is 5. The minimum atomic E-state index is -1.41. The zero-order chi connectivity index (χ0) is 22.2.